The summed E-state index contributed by atoms with van der Waals surface area (Å²) < 4.78 is 32.4. The standard InChI is InChI=1S/C38H65O10P/c1-3-5-7-9-11-12-13-14-15-16-17-18-19-20-21-22-24-26-28-30-38(42)48-36(34-47-49(43,44)46-32-35(40)31-39)33-45-37(41)29-27-25-23-10-8-6-4-2/h5,7,11-12,14-15,17-18,20-21,35-36,39-40H,3-4,6,8-10,13,16,19,22-34H2,1-2H3,(H,43,44)/b7-5-,12-11-,15-14-,18-17-,21-20-. The molecule has 49 heavy (non-hydrogen) atoms. The molecule has 0 aromatic carbocycles. The number of carbonyl (C=O) groups is 2. The van der Waals surface area contributed by atoms with Crippen molar-refractivity contribution in [1.29, 1.82) is 0 Å². The van der Waals surface area contributed by atoms with Gasteiger partial charge in [-0.25, -0.2) is 4.57 Å². The van der Waals surface area contributed by atoms with Crippen LogP contribution < -0.4 is 0 Å². The summed E-state index contributed by atoms with van der Waals surface area (Å²) in [6, 6.07) is 0. The minimum absolute atomic E-state index is 0.143. The molecule has 0 aliphatic heterocycles. The van der Waals surface area contributed by atoms with E-state index in [9.17, 15) is 24.2 Å². The number of carbonyl (C=O) groups excluding carboxylic acids is 2. The number of allylic oxidation sites excluding steroid dienone is 10. The first kappa shape index (κ1) is 46.7. The zero-order valence-corrected chi connectivity index (χ0v) is 31.0. The van der Waals surface area contributed by atoms with E-state index in [1.165, 1.54) is 19.3 Å². The molecule has 0 saturated heterocycles. The number of unbranched alkanes of at least 4 members (excludes halogenated alkanes) is 9. The lowest BCUT2D eigenvalue weighted by molar-refractivity contribution is -0.161. The number of rotatable bonds is 33. The molecule has 0 rings (SSSR count). The van der Waals surface area contributed by atoms with Gasteiger partial charge in [0.15, 0.2) is 6.10 Å². The molecule has 11 heteroatoms. The molecule has 0 heterocycles. The minimum atomic E-state index is -4.62. The molecule has 0 spiro atoms. The van der Waals surface area contributed by atoms with E-state index in [4.69, 9.17) is 19.1 Å². The van der Waals surface area contributed by atoms with E-state index >= 15 is 0 Å². The Morgan fingerprint density at radius 2 is 1.12 bits per heavy atom. The van der Waals surface area contributed by atoms with Crippen LogP contribution in [0.2, 0.25) is 0 Å². The second kappa shape index (κ2) is 34.1. The van der Waals surface area contributed by atoms with Crippen LogP contribution in [0.4, 0.5) is 0 Å². The molecule has 0 aliphatic carbocycles. The minimum Gasteiger partial charge on any atom is -0.462 e. The fourth-order valence-electron chi connectivity index (χ4n) is 4.37. The van der Waals surface area contributed by atoms with Gasteiger partial charge in [-0.05, 0) is 57.8 Å². The number of aliphatic hydroxyl groups is 2. The highest BCUT2D eigenvalue weighted by molar-refractivity contribution is 7.47. The third-order valence-corrected chi connectivity index (χ3v) is 8.14. The molecule has 0 aromatic rings. The molecule has 282 valence electrons. The van der Waals surface area contributed by atoms with Gasteiger partial charge in [-0.15, -0.1) is 0 Å². The van der Waals surface area contributed by atoms with Gasteiger partial charge >= 0.3 is 19.8 Å². The maximum atomic E-state index is 12.5. The highest BCUT2D eigenvalue weighted by Gasteiger charge is 2.27. The van der Waals surface area contributed by atoms with Crippen molar-refractivity contribution in [2.24, 2.45) is 0 Å². The topological polar surface area (TPSA) is 149 Å². The van der Waals surface area contributed by atoms with Crippen LogP contribution in [0.3, 0.4) is 0 Å². The molecule has 10 nitrogen and oxygen atoms in total. The Morgan fingerprint density at radius 3 is 1.69 bits per heavy atom. The lowest BCUT2D eigenvalue weighted by Gasteiger charge is -2.20. The lowest BCUT2D eigenvalue weighted by atomic mass is 10.1. The highest BCUT2D eigenvalue weighted by atomic mass is 31.2. The van der Waals surface area contributed by atoms with Crippen LogP contribution in [-0.2, 0) is 32.7 Å². The van der Waals surface area contributed by atoms with Gasteiger partial charge in [0.05, 0.1) is 19.8 Å². The molecule has 0 bridgehead atoms. The van der Waals surface area contributed by atoms with Gasteiger partial charge in [0.1, 0.15) is 12.7 Å². The molecule has 0 radical (unpaired) electrons. The van der Waals surface area contributed by atoms with Gasteiger partial charge in [0.25, 0.3) is 0 Å². The van der Waals surface area contributed by atoms with Crippen LogP contribution in [0.15, 0.2) is 60.8 Å². The summed E-state index contributed by atoms with van der Waals surface area (Å²) in [6.07, 6.45) is 35.0. The van der Waals surface area contributed by atoms with Gasteiger partial charge in [-0.3, -0.25) is 18.6 Å². The fourth-order valence-corrected chi connectivity index (χ4v) is 5.16. The van der Waals surface area contributed by atoms with E-state index in [0.717, 1.165) is 70.6 Å². The number of hydrogen-bond donors (Lipinski definition) is 3. The van der Waals surface area contributed by atoms with Crippen molar-refractivity contribution in [2.45, 2.75) is 142 Å². The maximum Gasteiger partial charge on any atom is 0.472 e. The Balaban J connectivity index is 4.40. The first-order valence-corrected chi connectivity index (χ1v) is 19.7. The Kier molecular flexibility index (Phi) is 32.5. The lowest BCUT2D eigenvalue weighted by Crippen LogP contribution is -2.29. The summed E-state index contributed by atoms with van der Waals surface area (Å²) in [5.74, 6) is -0.977. The SMILES string of the molecule is CC/C=C\C/C=C\C/C=C\C/C=C\C/C=C\CCCCCC(=O)OC(COC(=O)CCCCCCCCC)COP(=O)(O)OCC(O)CO. The zero-order valence-electron chi connectivity index (χ0n) is 30.1. The molecule has 0 saturated carbocycles. The van der Waals surface area contributed by atoms with Crippen molar-refractivity contribution in [3.63, 3.8) is 0 Å². The number of phosphoric acid groups is 1. The van der Waals surface area contributed by atoms with Crippen molar-refractivity contribution in [1.82, 2.24) is 0 Å². The molecule has 0 fully saturated rings. The molecule has 3 N–H and O–H groups in total. The van der Waals surface area contributed by atoms with Crippen LogP contribution in [0.5, 0.6) is 0 Å². The van der Waals surface area contributed by atoms with Gasteiger partial charge in [-0.1, -0.05) is 120 Å². The molecule has 0 amide bonds. The second-order valence-electron chi connectivity index (χ2n) is 11.9. The average Bonchev–Trinajstić information content (AvgIpc) is 3.09. The normalized spacial score (nSPS) is 14.8. The van der Waals surface area contributed by atoms with E-state index < -0.39 is 51.8 Å². The first-order valence-electron chi connectivity index (χ1n) is 18.2. The number of esters is 2. The molecular formula is C38H65O10P. The largest absolute Gasteiger partial charge is 0.472 e. The molecule has 3 unspecified atom stereocenters. The quantitative estimate of drug-likeness (QED) is 0.0261. The first-order chi connectivity index (χ1) is 23.7. The molecule has 3 atom stereocenters. The van der Waals surface area contributed by atoms with Crippen molar-refractivity contribution in [2.75, 3.05) is 26.4 Å². The Morgan fingerprint density at radius 1 is 0.633 bits per heavy atom. The summed E-state index contributed by atoms with van der Waals surface area (Å²) in [4.78, 5) is 34.6. The summed E-state index contributed by atoms with van der Waals surface area (Å²) in [7, 11) is -4.62. The smallest absolute Gasteiger partial charge is 0.462 e. The van der Waals surface area contributed by atoms with Gasteiger partial charge in [0.2, 0.25) is 0 Å². The second-order valence-corrected chi connectivity index (χ2v) is 13.3. The Bertz CT molecular complexity index is 1000. The number of ether oxygens (including phenoxy) is 2. The van der Waals surface area contributed by atoms with Crippen molar-refractivity contribution in [3.8, 4) is 0 Å². The van der Waals surface area contributed by atoms with Gasteiger partial charge in [-0.2, -0.15) is 0 Å². The summed E-state index contributed by atoms with van der Waals surface area (Å²) in [5, 5.41) is 18.2. The predicted molar refractivity (Wildman–Crippen MR) is 196 cm³/mol. The third kappa shape index (κ3) is 33.9. The van der Waals surface area contributed by atoms with Crippen molar-refractivity contribution < 1.29 is 47.8 Å². The van der Waals surface area contributed by atoms with Crippen LogP contribution in [0, 0.1) is 0 Å². The van der Waals surface area contributed by atoms with E-state index in [0.29, 0.717) is 12.8 Å². The summed E-state index contributed by atoms with van der Waals surface area (Å²) in [5.41, 5.74) is 0. The van der Waals surface area contributed by atoms with Crippen LogP contribution in [0.25, 0.3) is 0 Å². The van der Waals surface area contributed by atoms with E-state index in [1.807, 2.05) is 0 Å². The Labute approximate surface area is 296 Å². The number of phosphoric ester groups is 1. The Hall–Kier alpha value is -2.33. The maximum absolute atomic E-state index is 12.5. The number of hydrogen-bond acceptors (Lipinski definition) is 9. The van der Waals surface area contributed by atoms with Crippen LogP contribution >= 0.6 is 7.82 Å². The van der Waals surface area contributed by atoms with Gasteiger partial charge < -0.3 is 24.6 Å². The van der Waals surface area contributed by atoms with Gasteiger partial charge in [0, 0.05) is 12.8 Å². The summed E-state index contributed by atoms with van der Waals surface area (Å²) >= 11 is 0. The fraction of sp³-hybridized carbons (Fsp3) is 0.684. The monoisotopic (exact) mass is 712 g/mol. The van der Waals surface area contributed by atoms with E-state index in [-0.39, 0.29) is 19.4 Å². The zero-order chi connectivity index (χ0) is 36.3. The van der Waals surface area contributed by atoms with Crippen LogP contribution in [0.1, 0.15) is 129 Å². The average molecular weight is 713 g/mol. The third-order valence-electron chi connectivity index (χ3n) is 7.19. The van der Waals surface area contributed by atoms with Crippen LogP contribution in [-0.4, -0.2) is 65.7 Å². The van der Waals surface area contributed by atoms with E-state index in [1.54, 1.807) is 0 Å². The number of aliphatic hydroxyl groups excluding tert-OH is 2. The summed E-state index contributed by atoms with van der Waals surface area (Å²) in [6.45, 7) is 2.14. The highest BCUT2D eigenvalue weighted by Crippen LogP contribution is 2.43. The van der Waals surface area contributed by atoms with Crippen molar-refractivity contribution in [3.05, 3.63) is 60.8 Å². The molecular weight excluding hydrogens is 647 g/mol. The van der Waals surface area contributed by atoms with Crippen molar-refractivity contribution >= 4 is 19.8 Å². The molecule has 0 aromatic heterocycles. The predicted octanol–water partition coefficient (Wildman–Crippen LogP) is 8.77. The molecule has 0 aliphatic rings. The van der Waals surface area contributed by atoms with E-state index in [2.05, 4.69) is 79.1 Å².